The van der Waals surface area contributed by atoms with Crippen LogP contribution in [-0.2, 0) is 12.3 Å². The average Bonchev–Trinajstić information content (AvgIpc) is 2.64. The summed E-state index contributed by atoms with van der Waals surface area (Å²) >= 11 is 0. The van der Waals surface area contributed by atoms with Crippen molar-refractivity contribution in [3.8, 4) is 5.75 Å². The molecule has 2 N–H and O–H groups in total. The van der Waals surface area contributed by atoms with Crippen LogP contribution in [0.25, 0.3) is 0 Å². The summed E-state index contributed by atoms with van der Waals surface area (Å²) in [6.45, 7) is 0.460. The Morgan fingerprint density at radius 3 is 2.93 bits per heavy atom. The molecule has 1 heterocycles. The fraction of sp³-hybridized carbons (Fsp3) is 0.455. The predicted octanol–water partition coefficient (Wildman–Crippen LogP) is 2.06. The first-order valence-electron chi connectivity index (χ1n) is 4.98. The Balaban J connectivity index is 2.40. The summed E-state index contributed by atoms with van der Waals surface area (Å²) in [5.41, 5.74) is 6.02. The number of rotatable bonds is 3. The van der Waals surface area contributed by atoms with Crippen LogP contribution >= 0.6 is 0 Å². The topological polar surface area (TPSA) is 35.2 Å². The summed E-state index contributed by atoms with van der Waals surface area (Å²) in [5, 5.41) is 0. The Morgan fingerprint density at radius 1 is 1.40 bits per heavy atom. The van der Waals surface area contributed by atoms with Crippen LogP contribution in [-0.4, -0.2) is 13.2 Å². The van der Waals surface area contributed by atoms with E-state index in [-0.39, 0.29) is 18.5 Å². The van der Waals surface area contributed by atoms with E-state index in [4.69, 9.17) is 10.5 Å². The molecule has 0 unspecified atom stereocenters. The molecule has 1 aliphatic heterocycles. The van der Waals surface area contributed by atoms with E-state index in [0.29, 0.717) is 18.8 Å². The lowest BCUT2D eigenvalue weighted by Gasteiger charge is -2.18. The average molecular weight is 213 g/mol. The molecule has 0 saturated carbocycles. The molecule has 0 amide bonds. The van der Waals surface area contributed by atoms with Gasteiger partial charge in [-0.1, -0.05) is 12.1 Å². The number of halogens is 2. The van der Waals surface area contributed by atoms with Crippen molar-refractivity contribution in [1.82, 2.24) is 0 Å². The number of nitrogens with two attached hydrogens (primary N) is 1. The summed E-state index contributed by atoms with van der Waals surface area (Å²) in [7, 11) is 0. The van der Waals surface area contributed by atoms with E-state index in [1.807, 2.05) is 6.07 Å². The maximum absolute atomic E-state index is 13.7. The standard InChI is InChI=1S/C11H13F2NO/c12-11(13,5-6-14)9-3-1-2-8-4-7-15-10(8)9/h1-3H,4-7,14H2. The molecule has 2 rings (SSSR count). The van der Waals surface area contributed by atoms with E-state index in [0.717, 1.165) is 5.56 Å². The Hall–Kier alpha value is -1.16. The van der Waals surface area contributed by atoms with Gasteiger partial charge in [0.25, 0.3) is 5.92 Å². The number of ether oxygens (including phenoxy) is 1. The van der Waals surface area contributed by atoms with Crippen molar-refractivity contribution >= 4 is 0 Å². The summed E-state index contributed by atoms with van der Waals surface area (Å²) in [4.78, 5) is 0. The normalized spacial score (nSPS) is 14.9. The SMILES string of the molecule is NCCC(F)(F)c1cccc2c1OCC2. The molecule has 82 valence electrons. The second kappa shape index (κ2) is 3.77. The predicted molar refractivity (Wildman–Crippen MR) is 53.2 cm³/mol. The number of hydrogen-bond acceptors (Lipinski definition) is 2. The van der Waals surface area contributed by atoms with Gasteiger partial charge in [-0.25, -0.2) is 8.78 Å². The molecule has 1 aromatic carbocycles. The van der Waals surface area contributed by atoms with E-state index >= 15 is 0 Å². The molecule has 2 nitrogen and oxygen atoms in total. The largest absolute Gasteiger partial charge is 0.492 e. The van der Waals surface area contributed by atoms with E-state index in [1.165, 1.54) is 6.07 Å². The van der Waals surface area contributed by atoms with Gasteiger partial charge in [0.1, 0.15) is 5.75 Å². The molecule has 0 spiro atoms. The van der Waals surface area contributed by atoms with Crippen LogP contribution in [0.15, 0.2) is 18.2 Å². The molecule has 0 bridgehead atoms. The van der Waals surface area contributed by atoms with Gasteiger partial charge >= 0.3 is 0 Å². The minimum Gasteiger partial charge on any atom is -0.492 e. The molecule has 0 aliphatic carbocycles. The second-order valence-electron chi connectivity index (χ2n) is 3.64. The van der Waals surface area contributed by atoms with Gasteiger partial charge < -0.3 is 10.5 Å². The van der Waals surface area contributed by atoms with Crippen molar-refractivity contribution in [3.63, 3.8) is 0 Å². The molecule has 0 fully saturated rings. The highest BCUT2D eigenvalue weighted by molar-refractivity contribution is 5.46. The number of hydrogen-bond donors (Lipinski definition) is 1. The fourth-order valence-electron chi connectivity index (χ4n) is 1.82. The smallest absolute Gasteiger partial charge is 0.278 e. The number of para-hydroxylation sites is 1. The zero-order valence-electron chi connectivity index (χ0n) is 8.30. The fourth-order valence-corrected chi connectivity index (χ4v) is 1.82. The van der Waals surface area contributed by atoms with E-state index in [1.54, 1.807) is 6.07 Å². The van der Waals surface area contributed by atoms with Crippen molar-refractivity contribution in [1.29, 1.82) is 0 Å². The third-order valence-corrected chi connectivity index (χ3v) is 2.57. The van der Waals surface area contributed by atoms with Gasteiger partial charge in [-0.15, -0.1) is 0 Å². The zero-order valence-corrected chi connectivity index (χ0v) is 8.30. The molecule has 15 heavy (non-hydrogen) atoms. The molecule has 1 aromatic rings. The van der Waals surface area contributed by atoms with E-state index < -0.39 is 5.92 Å². The van der Waals surface area contributed by atoms with Crippen molar-refractivity contribution < 1.29 is 13.5 Å². The number of alkyl halides is 2. The van der Waals surface area contributed by atoms with Crippen LogP contribution in [0, 0.1) is 0 Å². The minimum atomic E-state index is -2.88. The highest BCUT2D eigenvalue weighted by atomic mass is 19.3. The molecular formula is C11H13F2NO. The summed E-state index contributed by atoms with van der Waals surface area (Å²) in [6, 6.07) is 4.89. The molecule has 4 heteroatoms. The summed E-state index contributed by atoms with van der Waals surface area (Å²) < 4.78 is 32.5. The highest BCUT2D eigenvalue weighted by Crippen LogP contribution is 2.41. The monoisotopic (exact) mass is 213 g/mol. The maximum atomic E-state index is 13.7. The Bertz CT molecular complexity index is 366. The molecule has 0 aromatic heterocycles. The third kappa shape index (κ3) is 1.81. The molecule has 0 saturated heterocycles. The van der Waals surface area contributed by atoms with Gasteiger partial charge in [0.2, 0.25) is 0 Å². The van der Waals surface area contributed by atoms with E-state index in [9.17, 15) is 8.78 Å². The Labute approximate surface area is 87.0 Å². The van der Waals surface area contributed by atoms with Gasteiger partial charge in [-0.05, 0) is 18.2 Å². The van der Waals surface area contributed by atoms with Crippen LogP contribution < -0.4 is 10.5 Å². The summed E-state index contributed by atoms with van der Waals surface area (Å²) in [6.07, 6.45) is 0.370. The quantitative estimate of drug-likeness (QED) is 0.834. The van der Waals surface area contributed by atoms with Crippen LogP contribution in [0.4, 0.5) is 8.78 Å². The molecular weight excluding hydrogens is 200 g/mol. The Kier molecular flexibility index (Phi) is 2.61. The lowest BCUT2D eigenvalue weighted by Crippen LogP contribution is -2.19. The maximum Gasteiger partial charge on any atom is 0.278 e. The van der Waals surface area contributed by atoms with Crippen LogP contribution in [0.3, 0.4) is 0 Å². The van der Waals surface area contributed by atoms with Gasteiger partial charge in [0, 0.05) is 12.8 Å². The third-order valence-electron chi connectivity index (χ3n) is 2.57. The highest BCUT2D eigenvalue weighted by Gasteiger charge is 2.35. The zero-order chi connectivity index (χ0) is 10.9. The first-order valence-corrected chi connectivity index (χ1v) is 4.98. The summed E-state index contributed by atoms with van der Waals surface area (Å²) in [5.74, 6) is -2.53. The van der Waals surface area contributed by atoms with Gasteiger partial charge in [0.05, 0.1) is 12.2 Å². The number of benzene rings is 1. The van der Waals surface area contributed by atoms with Crippen LogP contribution in [0.1, 0.15) is 17.5 Å². The Morgan fingerprint density at radius 2 is 2.20 bits per heavy atom. The molecule has 0 radical (unpaired) electrons. The van der Waals surface area contributed by atoms with Gasteiger partial charge in [-0.3, -0.25) is 0 Å². The number of fused-ring (bicyclic) bond motifs is 1. The van der Waals surface area contributed by atoms with Crippen LogP contribution in [0.5, 0.6) is 5.75 Å². The van der Waals surface area contributed by atoms with Gasteiger partial charge in [0.15, 0.2) is 0 Å². The lowest BCUT2D eigenvalue weighted by molar-refractivity contribution is -0.0128. The van der Waals surface area contributed by atoms with E-state index in [2.05, 4.69) is 0 Å². The minimum absolute atomic E-state index is 0.0250. The van der Waals surface area contributed by atoms with Crippen molar-refractivity contribution in [2.24, 2.45) is 5.73 Å². The van der Waals surface area contributed by atoms with Gasteiger partial charge in [-0.2, -0.15) is 0 Å². The first-order chi connectivity index (χ1) is 7.15. The lowest BCUT2D eigenvalue weighted by atomic mass is 10.0. The van der Waals surface area contributed by atoms with Crippen molar-refractivity contribution in [2.75, 3.05) is 13.2 Å². The molecule has 0 atom stereocenters. The second-order valence-corrected chi connectivity index (χ2v) is 3.64. The first kappa shape index (κ1) is 10.4. The molecule has 1 aliphatic rings. The van der Waals surface area contributed by atoms with Crippen molar-refractivity contribution in [3.05, 3.63) is 29.3 Å². The van der Waals surface area contributed by atoms with Crippen LogP contribution in [0.2, 0.25) is 0 Å². The van der Waals surface area contributed by atoms with Crippen molar-refractivity contribution in [2.45, 2.75) is 18.8 Å².